The Hall–Kier alpha value is -0.540. The van der Waals surface area contributed by atoms with Crippen molar-refractivity contribution in [2.45, 2.75) is 71.3 Å². The van der Waals surface area contributed by atoms with Crippen molar-refractivity contribution < 1.29 is 0 Å². The number of nitrogens with zero attached hydrogens (tertiary/aromatic N) is 2. The molecular weight excluding hydrogens is 258 g/mol. The van der Waals surface area contributed by atoms with Gasteiger partial charge in [0.2, 0.25) is 0 Å². The maximum Gasteiger partial charge on any atom is 0.151 e. The van der Waals surface area contributed by atoms with Crippen molar-refractivity contribution in [1.82, 2.24) is 9.55 Å². The second-order valence-corrected chi connectivity index (χ2v) is 7.24. The predicted octanol–water partition coefficient (Wildman–Crippen LogP) is 3.82. The number of hydrogen-bond donors (Lipinski definition) is 1. The summed E-state index contributed by atoms with van der Waals surface area (Å²) in [6.07, 6.45) is 4.16. The maximum absolute atomic E-state index is 6.37. The minimum atomic E-state index is -0.222. The molecule has 19 heavy (non-hydrogen) atoms. The average Bonchev–Trinajstić information content (AvgIpc) is 2.47. The summed E-state index contributed by atoms with van der Waals surface area (Å²) >= 11 is 6.37. The third-order valence-corrected chi connectivity index (χ3v) is 3.70. The molecule has 0 aliphatic rings. The Morgan fingerprint density at radius 1 is 1.26 bits per heavy atom. The van der Waals surface area contributed by atoms with Gasteiger partial charge in [-0.05, 0) is 26.7 Å². The van der Waals surface area contributed by atoms with E-state index in [-0.39, 0.29) is 11.0 Å². The predicted molar refractivity (Wildman–Crippen MR) is 82.7 cm³/mol. The highest BCUT2D eigenvalue weighted by Crippen LogP contribution is 2.35. The molecule has 0 saturated heterocycles. The molecule has 0 aromatic carbocycles. The summed E-state index contributed by atoms with van der Waals surface area (Å²) in [6.45, 7) is 10.7. The maximum atomic E-state index is 6.37. The first-order valence-corrected chi connectivity index (χ1v) is 7.47. The Bertz CT molecular complexity index is 427. The molecule has 0 amide bonds. The Kier molecular flexibility index (Phi) is 5.08. The largest absolute Gasteiger partial charge is 0.333 e. The molecule has 0 radical (unpaired) electrons. The molecule has 0 aliphatic carbocycles. The minimum absolute atomic E-state index is 0.0818. The second-order valence-electron chi connectivity index (χ2n) is 6.88. The van der Waals surface area contributed by atoms with Crippen LogP contribution >= 0.6 is 11.6 Å². The number of hydrogen-bond acceptors (Lipinski definition) is 2. The molecule has 2 N–H and O–H groups in total. The molecule has 1 aromatic heterocycles. The monoisotopic (exact) mass is 285 g/mol. The van der Waals surface area contributed by atoms with Gasteiger partial charge in [0.15, 0.2) is 5.15 Å². The average molecular weight is 286 g/mol. The number of unbranched alkanes of at least 4 members (excludes halogenated alkanes) is 1. The topological polar surface area (TPSA) is 43.8 Å². The fourth-order valence-electron chi connectivity index (χ4n) is 3.02. The third-order valence-electron chi connectivity index (χ3n) is 3.44. The van der Waals surface area contributed by atoms with Gasteiger partial charge in [-0.3, -0.25) is 0 Å². The molecule has 0 fully saturated rings. The molecule has 3 nitrogen and oxygen atoms in total. The zero-order chi connectivity index (χ0) is 14.8. The number of halogens is 1. The molecule has 0 aliphatic heterocycles. The Labute approximate surface area is 122 Å². The quantitative estimate of drug-likeness (QED) is 0.863. The summed E-state index contributed by atoms with van der Waals surface area (Å²) in [5.41, 5.74) is 6.97. The van der Waals surface area contributed by atoms with Crippen molar-refractivity contribution in [2.75, 3.05) is 0 Å². The number of aromatic nitrogens is 2. The van der Waals surface area contributed by atoms with Gasteiger partial charge < -0.3 is 10.3 Å². The van der Waals surface area contributed by atoms with E-state index in [4.69, 9.17) is 17.3 Å². The molecule has 1 aromatic rings. The molecule has 0 bridgehead atoms. The third kappa shape index (κ3) is 4.22. The minimum Gasteiger partial charge on any atom is -0.333 e. The lowest BCUT2D eigenvalue weighted by Crippen LogP contribution is -2.40. The first-order valence-electron chi connectivity index (χ1n) is 7.09. The van der Waals surface area contributed by atoms with Crippen molar-refractivity contribution in [3.05, 3.63) is 16.7 Å². The summed E-state index contributed by atoms with van der Waals surface area (Å²) in [6, 6.07) is 0. The Balaban J connectivity index is 3.09. The highest BCUT2D eigenvalue weighted by molar-refractivity contribution is 6.30. The number of rotatable bonds is 6. The molecular formula is C15H28ClN3. The van der Waals surface area contributed by atoms with Gasteiger partial charge in [-0.25, -0.2) is 4.98 Å². The van der Waals surface area contributed by atoms with Gasteiger partial charge in [-0.15, -0.1) is 0 Å². The van der Waals surface area contributed by atoms with Crippen molar-refractivity contribution >= 4 is 11.6 Å². The molecule has 1 heterocycles. The summed E-state index contributed by atoms with van der Waals surface area (Å²) in [7, 11) is 2.06. The van der Waals surface area contributed by atoms with Gasteiger partial charge in [0.05, 0.1) is 5.69 Å². The van der Waals surface area contributed by atoms with Crippen molar-refractivity contribution in [2.24, 2.45) is 12.8 Å². The van der Waals surface area contributed by atoms with Crippen LogP contribution < -0.4 is 5.73 Å². The van der Waals surface area contributed by atoms with E-state index >= 15 is 0 Å². The summed E-state index contributed by atoms with van der Waals surface area (Å²) in [5.74, 6) is 1.07. The lowest BCUT2D eigenvalue weighted by Gasteiger charge is -2.33. The Morgan fingerprint density at radius 3 is 2.32 bits per heavy atom. The summed E-state index contributed by atoms with van der Waals surface area (Å²) < 4.78 is 2.16. The van der Waals surface area contributed by atoms with Gasteiger partial charge in [0, 0.05) is 24.4 Å². The number of aryl methyl sites for hydroxylation is 1. The van der Waals surface area contributed by atoms with Gasteiger partial charge in [0.25, 0.3) is 0 Å². The van der Waals surface area contributed by atoms with Crippen LogP contribution in [-0.2, 0) is 18.9 Å². The fraction of sp³-hybridized carbons (Fsp3) is 0.800. The number of nitrogens with two attached hydrogens (primary N) is 1. The lowest BCUT2D eigenvalue weighted by molar-refractivity contribution is 0.337. The van der Waals surface area contributed by atoms with Gasteiger partial charge in [0.1, 0.15) is 5.82 Å². The van der Waals surface area contributed by atoms with Crippen molar-refractivity contribution in [3.8, 4) is 0 Å². The highest BCUT2D eigenvalue weighted by Gasteiger charge is 2.33. The molecule has 0 saturated carbocycles. The zero-order valence-electron chi connectivity index (χ0n) is 13.2. The van der Waals surface area contributed by atoms with E-state index in [1.807, 2.05) is 0 Å². The van der Waals surface area contributed by atoms with Crippen LogP contribution in [0.2, 0.25) is 5.15 Å². The van der Waals surface area contributed by atoms with E-state index in [0.29, 0.717) is 5.15 Å². The summed E-state index contributed by atoms with van der Waals surface area (Å²) in [4.78, 5) is 4.53. The molecule has 4 heteroatoms. The zero-order valence-corrected chi connectivity index (χ0v) is 13.9. The SMILES string of the molecule is CCCCc1nc(Cl)c(C(C)(C)CC(C)(C)N)n1C. The van der Waals surface area contributed by atoms with Crippen molar-refractivity contribution in [3.63, 3.8) is 0 Å². The molecule has 0 spiro atoms. The summed E-state index contributed by atoms with van der Waals surface area (Å²) in [5, 5.41) is 0.628. The van der Waals surface area contributed by atoms with Gasteiger partial charge >= 0.3 is 0 Å². The smallest absolute Gasteiger partial charge is 0.151 e. The van der Waals surface area contributed by atoms with Crippen molar-refractivity contribution in [1.29, 1.82) is 0 Å². The van der Waals surface area contributed by atoms with Crippen LogP contribution in [0.15, 0.2) is 0 Å². The first kappa shape index (κ1) is 16.5. The van der Waals surface area contributed by atoms with Gasteiger partial charge in [-0.2, -0.15) is 0 Å². The van der Waals surface area contributed by atoms with E-state index in [1.54, 1.807) is 0 Å². The Morgan fingerprint density at radius 2 is 1.84 bits per heavy atom. The molecule has 110 valence electrons. The van der Waals surface area contributed by atoms with Crippen LogP contribution in [-0.4, -0.2) is 15.1 Å². The van der Waals surface area contributed by atoms with Gasteiger partial charge in [-0.1, -0.05) is 38.8 Å². The molecule has 1 rings (SSSR count). The first-order chi connectivity index (χ1) is 8.58. The standard InChI is InChI=1S/C15H28ClN3/c1-7-8-9-11-18-13(16)12(19(11)6)14(2,3)10-15(4,5)17/h7-10,17H2,1-6H3. The van der Waals surface area contributed by atoms with Crippen LogP contribution in [0.4, 0.5) is 0 Å². The van der Waals surface area contributed by atoms with E-state index in [1.165, 1.54) is 6.42 Å². The van der Waals surface area contributed by atoms with E-state index in [2.05, 4.69) is 51.2 Å². The van der Waals surface area contributed by atoms with E-state index in [0.717, 1.165) is 30.8 Å². The van der Waals surface area contributed by atoms with Crippen LogP contribution in [0.3, 0.4) is 0 Å². The van der Waals surface area contributed by atoms with E-state index in [9.17, 15) is 0 Å². The fourth-order valence-corrected chi connectivity index (χ4v) is 3.50. The van der Waals surface area contributed by atoms with Crippen LogP contribution in [0.25, 0.3) is 0 Å². The normalized spacial score (nSPS) is 13.1. The van der Waals surface area contributed by atoms with Crippen LogP contribution in [0, 0.1) is 0 Å². The second kappa shape index (κ2) is 5.84. The number of imidazole rings is 1. The molecule has 0 atom stereocenters. The molecule has 0 unspecified atom stereocenters. The van der Waals surface area contributed by atoms with E-state index < -0.39 is 0 Å². The highest BCUT2D eigenvalue weighted by atomic mass is 35.5. The van der Waals surface area contributed by atoms with Crippen LogP contribution in [0.1, 0.15) is 65.4 Å². The lowest BCUT2D eigenvalue weighted by atomic mass is 9.78. The van der Waals surface area contributed by atoms with Crippen LogP contribution in [0.5, 0.6) is 0 Å².